The smallest absolute Gasteiger partial charge is 0.323 e. The van der Waals surface area contributed by atoms with E-state index >= 15 is 0 Å². The van der Waals surface area contributed by atoms with Crippen LogP contribution in [0.2, 0.25) is 0 Å². The largest absolute Gasteiger partial charge is 0.461 e. The second-order valence-corrected chi connectivity index (χ2v) is 4.41. The van der Waals surface area contributed by atoms with Crippen molar-refractivity contribution in [2.75, 3.05) is 6.61 Å². The lowest BCUT2D eigenvalue weighted by molar-refractivity contribution is -0.161. The van der Waals surface area contributed by atoms with Crippen LogP contribution in [0.1, 0.15) is 33.1 Å². The summed E-state index contributed by atoms with van der Waals surface area (Å²) in [6, 6.07) is -0.724. The minimum Gasteiger partial charge on any atom is -0.461 e. The van der Waals surface area contributed by atoms with Crippen molar-refractivity contribution >= 4 is 5.97 Å². The summed E-state index contributed by atoms with van der Waals surface area (Å²) in [6.07, 6.45) is 1.76. The first-order valence-corrected chi connectivity index (χ1v) is 5.75. The maximum Gasteiger partial charge on any atom is 0.323 e. The van der Waals surface area contributed by atoms with Gasteiger partial charge in [0.15, 0.2) is 0 Å². The van der Waals surface area contributed by atoms with Crippen LogP contribution >= 0.6 is 0 Å². The summed E-state index contributed by atoms with van der Waals surface area (Å²) in [6.45, 7) is 3.82. The van der Waals surface area contributed by atoms with Gasteiger partial charge in [0, 0.05) is 19.4 Å². The van der Waals surface area contributed by atoms with Crippen LogP contribution in [0.15, 0.2) is 0 Å². The van der Waals surface area contributed by atoms with Gasteiger partial charge < -0.3 is 20.3 Å². The van der Waals surface area contributed by atoms with Gasteiger partial charge in [-0.25, -0.2) is 0 Å². The standard InChI is InChI=1S/C11H21NO4/c1-7-5-9(6-8(2)15-7)16-11(14)10(12)3-4-13/h7-10,13H,3-6,12H2,1-2H3. The van der Waals surface area contributed by atoms with Gasteiger partial charge in [0.1, 0.15) is 12.1 Å². The van der Waals surface area contributed by atoms with Gasteiger partial charge in [0.25, 0.3) is 0 Å². The number of ether oxygens (including phenoxy) is 2. The molecule has 0 radical (unpaired) electrons. The number of aliphatic hydroxyl groups is 1. The number of esters is 1. The summed E-state index contributed by atoms with van der Waals surface area (Å²) in [4.78, 5) is 11.5. The molecule has 3 atom stereocenters. The van der Waals surface area contributed by atoms with Crippen molar-refractivity contribution in [3.05, 3.63) is 0 Å². The monoisotopic (exact) mass is 231 g/mol. The average molecular weight is 231 g/mol. The Morgan fingerprint density at radius 2 is 2.06 bits per heavy atom. The van der Waals surface area contributed by atoms with E-state index in [0.29, 0.717) is 12.8 Å². The molecule has 1 saturated heterocycles. The van der Waals surface area contributed by atoms with Gasteiger partial charge in [0.2, 0.25) is 0 Å². The first kappa shape index (κ1) is 13.4. The molecular formula is C11H21NO4. The van der Waals surface area contributed by atoms with Gasteiger partial charge in [0.05, 0.1) is 12.2 Å². The van der Waals surface area contributed by atoms with Gasteiger partial charge in [-0.15, -0.1) is 0 Å². The second kappa shape index (κ2) is 6.18. The van der Waals surface area contributed by atoms with E-state index in [1.165, 1.54) is 0 Å². The zero-order valence-electron chi connectivity index (χ0n) is 9.89. The minimum absolute atomic E-state index is 0.100. The first-order valence-electron chi connectivity index (χ1n) is 5.75. The Morgan fingerprint density at radius 3 is 2.56 bits per heavy atom. The zero-order chi connectivity index (χ0) is 12.1. The predicted octanol–water partition coefficient (Wildman–Crippen LogP) is 0.195. The summed E-state index contributed by atoms with van der Waals surface area (Å²) >= 11 is 0. The molecule has 1 aliphatic rings. The average Bonchev–Trinajstić information content (AvgIpc) is 2.16. The summed E-state index contributed by atoms with van der Waals surface area (Å²) in [5, 5.41) is 8.67. The van der Waals surface area contributed by atoms with Crippen LogP contribution in [0, 0.1) is 0 Å². The van der Waals surface area contributed by atoms with Crippen molar-refractivity contribution in [2.24, 2.45) is 5.73 Å². The van der Waals surface area contributed by atoms with Gasteiger partial charge in [-0.3, -0.25) is 4.79 Å². The molecule has 1 heterocycles. The van der Waals surface area contributed by atoms with Crippen molar-refractivity contribution in [1.82, 2.24) is 0 Å². The van der Waals surface area contributed by atoms with E-state index in [1.54, 1.807) is 0 Å². The Bertz CT molecular complexity index is 224. The third-order valence-electron chi connectivity index (χ3n) is 2.68. The van der Waals surface area contributed by atoms with Crippen molar-refractivity contribution in [1.29, 1.82) is 0 Å². The fourth-order valence-corrected chi connectivity index (χ4v) is 1.95. The Balaban J connectivity index is 2.38. The van der Waals surface area contributed by atoms with E-state index in [-0.39, 0.29) is 31.3 Å². The third-order valence-corrected chi connectivity index (χ3v) is 2.68. The Kier molecular flexibility index (Phi) is 5.18. The molecule has 0 spiro atoms. The normalized spacial score (nSPS) is 32.1. The minimum atomic E-state index is -0.724. The lowest BCUT2D eigenvalue weighted by Gasteiger charge is -2.32. The molecule has 1 rings (SSSR count). The molecule has 3 N–H and O–H groups in total. The number of hydrogen-bond acceptors (Lipinski definition) is 5. The first-order chi connectivity index (χ1) is 7.52. The highest BCUT2D eigenvalue weighted by molar-refractivity contribution is 5.75. The van der Waals surface area contributed by atoms with E-state index in [0.717, 1.165) is 0 Å². The fraction of sp³-hybridized carbons (Fsp3) is 0.909. The molecule has 3 unspecified atom stereocenters. The number of nitrogens with two attached hydrogens (primary N) is 1. The van der Waals surface area contributed by atoms with E-state index < -0.39 is 12.0 Å². The maximum atomic E-state index is 11.5. The second-order valence-electron chi connectivity index (χ2n) is 4.41. The van der Waals surface area contributed by atoms with Crippen LogP contribution in [-0.2, 0) is 14.3 Å². The maximum absolute atomic E-state index is 11.5. The summed E-state index contributed by atoms with van der Waals surface area (Å²) in [7, 11) is 0. The highest BCUT2D eigenvalue weighted by atomic mass is 16.6. The van der Waals surface area contributed by atoms with Crippen LogP contribution in [0.4, 0.5) is 0 Å². The van der Waals surface area contributed by atoms with Gasteiger partial charge in [-0.2, -0.15) is 0 Å². The number of hydrogen-bond donors (Lipinski definition) is 2. The SMILES string of the molecule is CC1CC(OC(=O)C(N)CCO)CC(C)O1. The van der Waals surface area contributed by atoms with Crippen LogP contribution < -0.4 is 5.73 Å². The molecular weight excluding hydrogens is 210 g/mol. The highest BCUT2D eigenvalue weighted by Crippen LogP contribution is 2.21. The molecule has 94 valence electrons. The van der Waals surface area contributed by atoms with E-state index in [9.17, 15) is 4.79 Å². The Morgan fingerprint density at radius 1 is 1.50 bits per heavy atom. The lowest BCUT2D eigenvalue weighted by atomic mass is 10.0. The Labute approximate surface area is 95.9 Å². The molecule has 0 bridgehead atoms. The lowest BCUT2D eigenvalue weighted by Crippen LogP contribution is -2.40. The van der Waals surface area contributed by atoms with E-state index in [2.05, 4.69) is 0 Å². The van der Waals surface area contributed by atoms with Crippen molar-refractivity contribution in [2.45, 2.75) is 57.5 Å². The van der Waals surface area contributed by atoms with Crippen molar-refractivity contribution in [3.8, 4) is 0 Å². The number of carbonyl (C=O) groups is 1. The molecule has 0 aliphatic carbocycles. The van der Waals surface area contributed by atoms with Crippen molar-refractivity contribution < 1.29 is 19.4 Å². The van der Waals surface area contributed by atoms with Gasteiger partial charge in [-0.1, -0.05) is 0 Å². The summed E-state index contributed by atoms with van der Waals surface area (Å²) < 4.78 is 10.8. The van der Waals surface area contributed by atoms with Crippen molar-refractivity contribution in [3.63, 3.8) is 0 Å². The fourth-order valence-electron chi connectivity index (χ4n) is 1.95. The molecule has 16 heavy (non-hydrogen) atoms. The molecule has 0 aromatic carbocycles. The number of carbonyl (C=O) groups excluding carboxylic acids is 1. The van der Waals surface area contributed by atoms with Crippen LogP contribution in [0.3, 0.4) is 0 Å². The van der Waals surface area contributed by atoms with Crippen LogP contribution in [0.25, 0.3) is 0 Å². The summed E-state index contributed by atoms with van der Waals surface area (Å²) in [5.74, 6) is -0.430. The molecule has 0 saturated carbocycles. The third kappa shape index (κ3) is 4.08. The molecule has 5 nitrogen and oxygen atoms in total. The summed E-state index contributed by atoms with van der Waals surface area (Å²) in [5.41, 5.74) is 5.55. The van der Waals surface area contributed by atoms with Gasteiger partial charge in [-0.05, 0) is 20.3 Å². The highest BCUT2D eigenvalue weighted by Gasteiger charge is 2.28. The van der Waals surface area contributed by atoms with E-state index in [1.807, 2.05) is 13.8 Å². The molecule has 5 heteroatoms. The quantitative estimate of drug-likeness (QED) is 0.675. The molecule has 1 aliphatic heterocycles. The van der Waals surface area contributed by atoms with Gasteiger partial charge >= 0.3 is 5.97 Å². The topological polar surface area (TPSA) is 81.8 Å². The number of aliphatic hydroxyl groups excluding tert-OH is 1. The predicted molar refractivity (Wildman–Crippen MR) is 58.8 cm³/mol. The molecule has 0 aromatic rings. The number of rotatable bonds is 4. The molecule has 1 fully saturated rings. The Hall–Kier alpha value is -0.650. The molecule has 0 amide bonds. The molecule has 0 aromatic heterocycles. The van der Waals surface area contributed by atoms with Crippen LogP contribution in [0.5, 0.6) is 0 Å². The van der Waals surface area contributed by atoms with Crippen LogP contribution in [-0.4, -0.2) is 42.0 Å². The zero-order valence-corrected chi connectivity index (χ0v) is 9.89. The van der Waals surface area contributed by atoms with E-state index in [4.69, 9.17) is 20.3 Å².